The van der Waals surface area contributed by atoms with E-state index in [1.807, 2.05) is 0 Å². The standard InChI is InChI=1S/C14H18BrF3N2O.ClH/c15-12-8-10(7-11(9-12)14(16,17)18)13(1-6-21)20-4-2-19-3-5-20;/h7-9,13,19,21H,1-6H2;1H/t13-;/m0./s1. The van der Waals surface area contributed by atoms with Crippen LogP contribution in [0, 0.1) is 0 Å². The smallest absolute Gasteiger partial charge is 0.396 e. The van der Waals surface area contributed by atoms with Crippen LogP contribution in [0.25, 0.3) is 0 Å². The van der Waals surface area contributed by atoms with Crippen molar-refractivity contribution in [1.82, 2.24) is 10.2 Å². The Kier molecular flexibility index (Phi) is 7.61. The second-order valence-corrected chi connectivity index (χ2v) is 6.00. The maximum Gasteiger partial charge on any atom is 0.416 e. The van der Waals surface area contributed by atoms with Gasteiger partial charge in [-0.3, -0.25) is 4.90 Å². The van der Waals surface area contributed by atoms with Crippen molar-refractivity contribution in [2.75, 3.05) is 32.8 Å². The number of aliphatic hydroxyl groups excluding tert-OH is 1. The fraction of sp³-hybridized carbons (Fsp3) is 0.571. The van der Waals surface area contributed by atoms with E-state index in [1.165, 1.54) is 6.07 Å². The van der Waals surface area contributed by atoms with E-state index < -0.39 is 11.7 Å². The average Bonchev–Trinajstić information content (AvgIpc) is 2.44. The molecule has 0 spiro atoms. The Morgan fingerprint density at radius 3 is 2.41 bits per heavy atom. The zero-order valence-electron chi connectivity index (χ0n) is 11.9. The van der Waals surface area contributed by atoms with Crippen molar-refractivity contribution in [3.8, 4) is 0 Å². The molecule has 0 amide bonds. The van der Waals surface area contributed by atoms with Crippen molar-refractivity contribution in [1.29, 1.82) is 0 Å². The van der Waals surface area contributed by atoms with Gasteiger partial charge >= 0.3 is 6.18 Å². The Hall–Kier alpha value is -0.340. The number of hydrogen-bond donors (Lipinski definition) is 2. The molecule has 0 radical (unpaired) electrons. The van der Waals surface area contributed by atoms with E-state index in [0.29, 0.717) is 16.5 Å². The molecule has 1 saturated heterocycles. The van der Waals surface area contributed by atoms with Gasteiger partial charge in [0.15, 0.2) is 0 Å². The first-order valence-electron chi connectivity index (χ1n) is 6.85. The van der Waals surface area contributed by atoms with Crippen molar-refractivity contribution in [3.63, 3.8) is 0 Å². The molecule has 22 heavy (non-hydrogen) atoms. The van der Waals surface area contributed by atoms with Crippen LogP contribution in [0.4, 0.5) is 13.2 Å². The molecule has 0 bridgehead atoms. The van der Waals surface area contributed by atoms with Gasteiger partial charge in [-0.25, -0.2) is 0 Å². The average molecular weight is 404 g/mol. The SMILES string of the molecule is Cl.OCC[C@@H](c1cc(Br)cc(C(F)(F)F)c1)N1CCNCC1. The lowest BCUT2D eigenvalue weighted by Crippen LogP contribution is -2.45. The van der Waals surface area contributed by atoms with Crippen molar-refractivity contribution in [2.45, 2.75) is 18.6 Å². The highest BCUT2D eigenvalue weighted by Crippen LogP contribution is 2.35. The van der Waals surface area contributed by atoms with Gasteiger partial charge in [0.1, 0.15) is 0 Å². The predicted molar refractivity (Wildman–Crippen MR) is 85.3 cm³/mol. The maximum absolute atomic E-state index is 12.9. The number of benzene rings is 1. The molecule has 0 aromatic heterocycles. The van der Waals surface area contributed by atoms with Crippen molar-refractivity contribution < 1.29 is 18.3 Å². The van der Waals surface area contributed by atoms with E-state index in [9.17, 15) is 18.3 Å². The molecule has 1 fully saturated rings. The van der Waals surface area contributed by atoms with Gasteiger partial charge in [-0.2, -0.15) is 13.2 Å². The van der Waals surface area contributed by atoms with E-state index >= 15 is 0 Å². The molecule has 0 unspecified atom stereocenters. The molecule has 2 N–H and O–H groups in total. The minimum atomic E-state index is -4.37. The quantitative estimate of drug-likeness (QED) is 0.810. The largest absolute Gasteiger partial charge is 0.416 e. The van der Waals surface area contributed by atoms with Gasteiger partial charge < -0.3 is 10.4 Å². The van der Waals surface area contributed by atoms with Gasteiger partial charge in [-0.05, 0) is 30.2 Å². The Labute approximate surface area is 142 Å². The first kappa shape index (κ1) is 19.7. The molecule has 1 aromatic rings. The minimum Gasteiger partial charge on any atom is -0.396 e. The number of piperazine rings is 1. The highest BCUT2D eigenvalue weighted by atomic mass is 79.9. The third-order valence-corrected chi connectivity index (χ3v) is 4.08. The Morgan fingerprint density at radius 1 is 1.23 bits per heavy atom. The summed E-state index contributed by atoms with van der Waals surface area (Å²) in [5.41, 5.74) is -0.0717. The molecular formula is C14H19BrClF3N2O. The fourth-order valence-electron chi connectivity index (χ4n) is 2.64. The van der Waals surface area contributed by atoms with E-state index in [4.69, 9.17) is 0 Å². The molecular weight excluding hydrogens is 385 g/mol. The minimum absolute atomic E-state index is 0. The predicted octanol–water partition coefficient (Wildman–Crippen LogP) is 3.22. The zero-order chi connectivity index (χ0) is 15.5. The first-order valence-corrected chi connectivity index (χ1v) is 7.64. The lowest BCUT2D eigenvalue weighted by molar-refractivity contribution is -0.137. The van der Waals surface area contributed by atoms with Gasteiger partial charge in [0, 0.05) is 43.3 Å². The van der Waals surface area contributed by atoms with Crippen LogP contribution in [-0.4, -0.2) is 42.8 Å². The third kappa shape index (κ3) is 5.09. The molecule has 8 heteroatoms. The molecule has 1 atom stereocenters. The summed E-state index contributed by atoms with van der Waals surface area (Å²) in [4.78, 5) is 2.12. The van der Waals surface area contributed by atoms with Crippen LogP contribution in [0.1, 0.15) is 23.6 Å². The van der Waals surface area contributed by atoms with E-state index in [0.717, 1.165) is 32.2 Å². The normalized spacial score (nSPS) is 17.9. The van der Waals surface area contributed by atoms with Crippen LogP contribution in [-0.2, 0) is 6.18 Å². The number of nitrogens with one attached hydrogen (secondary N) is 1. The molecule has 2 rings (SSSR count). The number of aliphatic hydroxyl groups is 1. The summed E-state index contributed by atoms with van der Waals surface area (Å²) in [7, 11) is 0. The lowest BCUT2D eigenvalue weighted by Gasteiger charge is -2.35. The van der Waals surface area contributed by atoms with Gasteiger partial charge in [0.05, 0.1) is 5.56 Å². The summed E-state index contributed by atoms with van der Waals surface area (Å²) in [6, 6.07) is 3.78. The summed E-state index contributed by atoms with van der Waals surface area (Å²) < 4.78 is 39.2. The topological polar surface area (TPSA) is 35.5 Å². The van der Waals surface area contributed by atoms with Gasteiger partial charge in [-0.1, -0.05) is 15.9 Å². The van der Waals surface area contributed by atoms with Crippen LogP contribution >= 0.6 is 28.3 Å². The Balaban J connectivity index is 0.00000242. The van der Waals surface area contributed by atoms with E-state index in [-0.39, 0.29) is 25.1 Å². The number of rotatable bonds is 4. The van der Waals surface area contributed by atoms with Crippen LogP contribution < -0.4 is 5.32 Å². The third-order valence-electron chi connectivity index (χ3n) is 3.63. The summed E-state index contributed by atoms with van der Waals surface area (Å²) in [6.07, 6.45) is -3.94. The molecule has 1 heterocycles. The van der Waals surface area contributed by atoms with Gasteiger partial charge in [0.2, 0.25) is 0 Å². The second kappa shape index (κ2) is 8.49. The van der Waals surface area contributed by atoms with Crippen LogP contribution in [0.5, 0.6) is 0 Å². The number of hydrogen-bond acceptors (Lipinski definition) is 3. The monoisotopic (exact) mass is 402 g/mol. The molecule has 1 aromatic carbocycles. The summed E-state index contributed by atoms with van der Waals surface area (Å²) >= 11 is 3.16. The summed E-state index contributed by atoms with van der Waals surface area (Å²) in [5, 5.41) is 12.5. The van der Waals surface area contributed by atoms with Crippen molar-refractivity contribution in [2.24, 2.45) is 0 Å². The van der Waals surface area contributed by atoms with Gasteiger partial charge in [-0.15, -0.1) is 12.4 Å². The van der Waals surface area contributed by atoms with Crippen molar-refractivity contribution in [3.05, 3.63) is 33.8 Å². The van der Waals surface area contributed by atoms with Crippen LogP contribution in [0.2, 0.25) is 0 Å². The van der Waals surface area contributed by atoms with Crippen molar-refractivity contribution >= 4 is 28.3 Å². The molecule has 0 aliphatic carbocycles. The van der Waals surface area contributed by atoms with E-state index in [1.54, 1.807) is 6.07 Å². The lowest BCUT2D eigenvalue weighted by atomic mass is 9.99. The summed E-state index contributed by atoms with van der Waals surface area (Å²) in [6.45, 7) is 3.09. The van der Waals surface area contributed by atoms with Gasteiger partial charge in [0.25, 0.3) is 0 Å². The molecule has 3 nitrogen and oxygen atoms in total. The number of alkyl halides is 3. The van der Waals surface area contributed by atoms with Crippen LogP contribution in [0.3, 0.4) is 0 Å². The Morgan fingerprint density at radius 2 is 1.86 bits per heavy atom. The van der Waals surface area contributed by atoms with E-state index in [2.05, 4.69) is 26.1 Å². The first-order chi connectivity index (χ1) is 9.91. The highest BCUT2D eigenvalue weighted by molar-refractivity contribution is 9.10. The molecule has 1 aliphatic heterocycles. The van der Waals surface area contributed by atoms with Crippen LogP contribution in [0.15, 0.2) is 22.7 Å². The maximum atomic E-state index is 12.9. The number of nitrogens with zero attached hydrogens (tertiary/aromatic N) is 1. The zero-order valence-corrected chi connectivity index (χ0v) is 14.3. The molecule has 126 valence electrons. The highest BCUT2D eigenvalue weighted by Gasteiger charge is 2.32. The Bertz CT molecular complexity index is 482. The summed E-state index contributed by atoms with van der Waals surface area (Å²) in [5.74, 6) is 0. The molecule has 1 aliphatic rings. The second-order valence-electron chi connectivity index (χ2n) is 5.09. The molecule has 0 saturated carbocycles. The number of halogens is 5. The fourth-order valence-corrected chi connectivity index (χ4v) is 3.16.